The standard InChI is InChI=1S/C12H8N2O2/c13-7-3-1-6-2-4-8-10(9(6)5-7)12(16)14-11(8)15/h1-5,10,13H,(H,14,15,16). The summed E-state index contributed by atoms with van der Waals surface area (Å²) in [6, 6.07) is 0. The van der Waals surface area contributed by atoms with Gasteiger partial charge in [-0.1, -0.05) is 18.2 Å². The van der Waals surface area contributed by atoms with Gasteiger partial charge in [-0.2, -0.15) is 0 Å². The number of imide groups is 1. The molecule has 0 saturated carbocycles. The number of allylic oxidation sites excluding steroid dienone is 6. The van der Waals surface area contributed by atoms with E-state index in [0.717, 1.165) is 11.1 Å². The van der Waals surface area contributed by atoms with Crippen molar-refractivity contribution in [2.45, 2.75) is 0 Å². The zero-order chi connectivity index (χ0) is 11.3. The Labute approximate surface area is 91.5 Å². The molecule has 1 unspecified atom stereocenters. The van der Waals surface area contributed by atoms with Crippen LogP contribution in [0, 0.1) is 11.3 Å². The van der Waals surface area contributed by atoms with Gasteiger partial charge in [-0.05, 0) is 23.3 Å². The minimum atomic E-state index is -0.530. The van der Waals surface area contributed by atoms with Crippen LogP contribution in [0.5, 0.6) is 0 Å². The van der Waals surface area contributed by atoms with Gasteiger partial charge in [-0.3, -0.25) is 14.9 Å². The predicted molar refractivity (Wildman–Crippen MR) is 57.8 cm³/mol. The first kappa shape index (κ1) is 9.03. The minimum absolute atomic E-state index is 0.295. The molecule has 0 aromatic carbocycles. The van der Waals surface area contributed by atoms with Crippen molar-refractivity contribution >= 4 is 17.5 Å². The molecular formula is C12H8N2O2. The maximum Gasteiger partial charge on any atom is 0.254 e. The number of amides is 2. The van der Waals surface area contributed by atoms with Crippen LogP contribution in [-0.4, -0.2) is 17.5 Å². The fraction of sp³-hybridized carbons (Fsp3) is 0.0833. The van der Waals surface area contributed by atoms with Crippen molar-refractivity contribution in [3.05, 3.63) is 47.1 Å². The molecule has 1 heterocycles. The van der Waals surface area contributed by atoms with E-state index in [2.05, 4.69) is 5.32 Å². The molecule has 1 aliphatic heterocycles. The van der Waals surface area contributed by atoms with Crippen LogP contribution in [0.2, 0.25) is 0 Å². The Balaban J connectivity index is 2.18. The number of carbonyl (C=O) groups excluding carboxylic acids is 2. The number of nitrogens with one attached hydrogen (secondary N) is 2. The second-order valence-electron chi connectivity index (χ2n) is 3.88. The van der Waals surface area contributed by atoms with E-state index < -0.39 is 5.92 Å². The topological polar surface area (TPSA) is 70.0 Å². The van der Waals surface area contributed by atoms with Gasteiger partial charge in [0.2, 0.25) is 5.91 Å². The zero-order valence-corrected chi connectivity index (χ0v) is 8.28. The Kier molecular flexibility index (Phi) is 1.63. The van der Waals surface area contributed by atoms with E-state index in [9.17, 15) is 9.59 Å². The summed E-state index contributed by atoms with van der Waals surface area (Å²) in [4.78, 5) is 23.1. The second-order valence-corrected chi connectivity index (χ2v) is 3.88. The molecule has 0 spiro atoms. The average Bonchev–Trinajstić information content (AvgIpc) is 2.54. The van der Waals surface area contributed by atoms with Gasteiger partial charge in [0, 0.05) is 5.57 Å². The van der Waals surface area contributed by atoms with E-state index in [1.807, 2.05) is 0 Å². The van der Waals surface area contributed by atoms with Gasteiger partial charge in [0.1, 0.15) is 0 Å². The first-order valence-corrected chi connectivity index (χ1v) is 4.92. The molecule has 1 fully saturated rings. The number of fused-ring (bicyclic) bond motifs is 3. The predicted octanol–water partition coefficient (Wildman–Crippen LogP) is 0.641. The first-order valence-electron chi connectivity index (χ1n) is 4.92. The van der Waals surface area contributed by atoms with Gasteiger partial charge in [0.05, 0.1) is 11.6 Å². The highest BCUT2D eigenvalue weighted by atomic mass is 16.2. The van der Waals surface area contributed by atoms with Gasteiger partial charge in [0.15, 0.2) is 0 Å². The molecule has 78 valence electrons. The summed E-state index contributed by atoms with van der Waals surface area (Å²) in [5.41, 5.74) is 2.46. The van der Waals surface area contributed by atoms with Gasteiger partial charge >= 0.3 is 0 Å². The van der Waals surface area contributed by atoms with Crippen molar-refractivity contribution in [1.29, 1.82) is 5.41 Å². The Hall–Kier alpha value is -2.23. The molecule has 0 aromatic heterocycles. The summed E-state index contributed by atoms with van der Waals surface area (Å²) in [7, 11) is 0. The average molecular weight is 212 g/mol. The van der Waals surface area contributed by atoms with Crippen LogP contribution in [0.4, 0.5) is 0 Å². The summed E-state index contributed by atoms with van der Waals surface area (Å²) >= 11 is 0. The molecule has 2 aliphatic carbocycles. The monoisotopic (exact) mass is 212 g/mol. The Morgan fingerprint density at radius 3 is 2.75 bits per heavy atom. The summed E-state index contributed by atoms with van der Waals surface area (Å²) < 4.78 is 0. The highest BCUT2D eigenvalue weighted by Gasteiger charge is 2.41. The highest BCUT2D eigenvalue weighted by molar-refractivity contribution is 6.18. The molecule has 3 aliphatic rings. The van der Waals surface area contributed by atoms with Gasteiger partial charge in [0.25, 0.3) is 5.91 Å². The number of carbonyl (C=O) groups is 2. The third-order valence-electron chi connectivity index (χ3n) is 2.91. The lowest BCUT2D eigenvalue weighted by molar-refractivity contribution is -0.125. The summed E-state index contributed by atoms with van der Waals surface area (Å²) in [6.45, 7) is 0. The van der Waals surface area contributed by atoms with E-state index in [1.165, 1.54) is 0 Å². The van der Waals surface area contributed by atoms with E-state index >= 15 is 0 Å². The number of hydrogen-bond donors (Lipinski definition) is 2. The molecule has 1 saturated heterocycles. The smallest absolute Gasteiger partial charge is 0.254 e. The van der Waals surface area contributed by atoms with E-state index in [-0.39, 0.29) is 11.8 Å². The van der Waals surface area contributed by atoms with Crippen LogP contribution in [0.15, 0.2) is 47.1 Å². The maximum absolute atomic E-state index is 11.6. The van der Waals surface area contributed by atoms with Crippen molar-refractivity contribution in [2.24, 2.45) is 5.92 Å². The lowest BCUT2D eigenvalue weighted by Crippen LogP contribution is -2.24. The molecule has 0 bridgehead atoms. The normalized spacial score (nSPS) is 26.6. The Morgan fingerprint density at radius 2 is 1.94 bits per heavy atom. The molecule has 4 nitrogen and oxygen atoms in total. The van der Waals surface area contributed by atoms with Crippen molar-refractivity contribution in [2.75, 3.05) is 0 Å². The van der Waals surface area contributed by atoms with Crippen LogP contribution in [0.25, 0.3) is 0 Å². The number of hydrogen-bond acceptors (Lipinski definition) is 3. The van der Waals surface area contributed by atoms with Crippen molar-refractivity contribution in [3.8, 4) is 0 Å². The molecule has 3 rings (SSSR count). The second kappa shape index (κ2) is 2.88. The molecule has 1 atom stereocenters. The maximum atomic E-state index is 11.6. The van der Waals surface area contributed by atoms with E-state index in [1.54, 1.807) is 30.4 Å². The molecule has 0 radical (unpaired) electrons. The summed E-state index contributed by atoms with van der Waals surface area (Å²) in [5.74, 6) is -1.15. The van der Waals surface area contributed by atoms with Gasteiger partial charge in [-0.15, -0.1) is 0 Å². The van der Waals surface area contributed by atoms with Gasteiger partial charge < -0.3 is 5.41 Å². The number of rotatable bonds is 0. The lowest BCUT2D eigenvalue weighted by atomic mass is 9.81. The molecule has 2 N–H and O–H groups in total. The fourth-order valence-electron chi connectivity index (χ4n) is 2.17. The summed E-state index contributed by atoms with van der Waals surface area (Å²) in [5, 5.41) is 9.84. The van der Waals surface area contributed by atoms with Gasteiger partial charge in [-0.25, -0.2) is 0 Å². The molecule has 4 heteroatoms. The Morgan fingerprint density at radius 1 is 1.12 bits per heavy atom. The van der Waals surface area contributed by atoms with Crippen LogP contribution >= 0.6 is 0 Å². The van der Waals surface area contributed by atoms with Crippen molar-refractivity contribution in [3.63, 3.8) is 0 Å². The van der Waals surface area contributed by atoms with Crippen molar-refractivity contribution in [1.82, 2.24) is 5.32 Å². The highest BCUT2D eigenvalue weighted by Crippen LogP contribution is 2.36. The quantitative estimate of drug-likeness (QED) is 0.578. The first-order chi connectivity index (χ1) is 7.66. The van der Waals surface area contributed by atoms with E-state index in [0.29, 0.717) is 11.3 Å². The van der Waals surface area contributed by atoms with Crippen LogP contribution in [-0.2, 0) is 9.59 Å². The minimum Gasteiger partial charge on any atom is -0.301 e. The zero-order valence-electron chi connectivity index (χ0n) is 8.28. The van der Waals surface area contributed by atoms with Crippen LogP contribution in [0.1, 0.15) is 0 Å². The van der Waals surface area contributed by atoms with Crippen LogP contribution < -0.4 is 5.32 Å². The lowest BCUT2D eigenvalue weighted by Gasteiger charge is -2.20. The van der Waals surface area contributed by atoms with Crippen molar-refractivity contribution < 1.29 is 9.59 Å². The molecule has 16 heavy (non-hydrogen) atoms. The largest absolute Gasteiger partial charge is 0.301 e. The fourth-order valence-corrected chi connectivity index (χ4v) is 2.17. The SMILES string of the molecule is N=C1C=CC2=CC=C3C(=O)NC(=O)C3C2=C1. The molecule has 2 amide bonds. The third kappa shape index (κ3) is 1.07. The molecule has 0 aromatic rings. The third-order valence-corrected chi connectivity index (χ3v) is 2.91. The molecular weight excluding hydrogens is 204 g/mol. The Bertz CT molecular complexity index is 562. The summed E-state index contributed by atoms with van der Waals surface area (Å²) in [6.07, 6.45) is 8.58. The van der Waals surface area contributed by atoms with Crippen LogP contribution in [0.3, 0.4) is 0 Å². The van der Waals surface area contributed by atoms with E-state index in [4.69, 9.17) is 5.41 Å².